The van der Waals surface area contributed by atoms with Crippen LogP contribution in [0.15, 0.2) is 10.8 Å². The number of ether oxygens (including phenoxy) is 1. The Morgan fingerprint density at radius 2 is 2.29 bits per heavy atom. The summed E-state index contributed by atoms with van der Waals surface area (Å²) in [6, 6.07) is -0.245. The first-order valence-corrected chi connectivity index (χ1v) is 8.52. The van der Waals surface area contributed by atoms with E-state index in [9.17, 15) is 4.79 Å². The second-order valence-corrected chi connectivity index (χ2v) is 6.35. The molecule has 24 heavy (non-hydrogen) atoms. The summed E-state index contributed by atoms with van der Waals surface area (Å²) in [5.74, 6) is 2.04. The van der Waals surface area contributed by atoms with E-state index in [1.165, 1.54) is 6.39 Å². The largest absolute Gasteiger partial charge is 0.445 e. The van der Waals surface area contributed by atoms with Gasteiger partial charge in [0.05, 0.1) is 6.04 Å². The lowest BCUT2D eigenvalue weighted by Crippen LogP contribution is -2.30. The van der Waals surface area contributed by atoms with Crippen molar-refractivity contribution in [3.63, 3.8) is 0 Å². The molecule has 4 heterocycles. The fourth-order valence-electron chi connectivity index (χ4n) is 3.42. The van der Waals surface area contributed by atoms with Gasteiger partial charge >= 0.3 is 0 Å². The van der Waals surface area contributed by atoms with Gasteiger partial charge in [-0.05, 0) is 32.6 Å². The first kappa shape index (κ1) is 15.3. The monoisotopic (exact) mass is 331 g/mol. The molecule has 1 saturated heterocycles. The second-order valence-electron chi connectivity index (χ2n) is 6.35. The lowest BCUT2D eigenvalue weighted by Gasteiger charge is -2.18. The van der Waals surface area contributed by atoms with E-state index in [1.54, 1.807) is 0 Å². The fourth-order valence-corrected chi connectivity index (χ4v) is 3.42. The second kappa shape index (κ2) is 6.35. The van der Waals surface area contributed by atoms with E-state index in [0.29, 0.717) is 18.1 Å². The summed E-state index contributed by atoms with van der Waals surface area (Å²) in [4.78, 5) is 16.7. The number of aromatic nitrogens is 4. The molecule has 0 aromatic carbocycles. The Hall–Kier alpha value is -2.22. The van der Waals surface area contributed by atoms with Gasteiger partial charge in [-0.25, -0.2) is 4.98 Å². The number of nitrogens with one attached hydrogen (secondary N) is 1. The predicted octanol–water partition coefficient (Wildman–Crippen LogP) is 1.94. The maximum Gasteiger partial charge on any atom is 0.274 e. The van der Waals surface area contributed by atoms with Crippen LogP contribution in [0.3, 0.4) is 0 Å². The van der Waals surface area contributed by atoms with Crippen molar-refractivity contribution in [1.82, 2.24) is 25.1 Å². The van der Waals surface area contributed by atoms with E-state index >= 15 is 0 Å². The molecular weight excluding hydrogens is 310 g/mol. The minimum atomic E-state index is -0.269. The standard InChI is InChI=1S/C16H21N5O3/c1-10(15-20-19-12-6-2-3-7-21(12)15)18-16(22)13-14(24-9-17-13)11-5-4-8-23-11/h9-11H,2-8H2,1H3,(H,18,22)/t10-,11+/m1/s1. The van der Waals surface area contributed by atoms with E-state index in [1.807, 2.05) is 6.92 Å². The number of rotatable bonds is 4. The van der Waals surface area contributed by atoms with Crippen LogP contribution >= 0.6 is 0 Å². The highest BCUT2D eigenvalue weighted by molar-refractivity contribution is 5.93. The third-order valence-electron chi connectivity index (χ3n) is 4.66. The van der Waals surface area contributed by atoms with Gasteiger partial charge in [-0.15, -0.1) is 10.2 Å². The maximum atomic E-state index is 12.6. The van der Waals surface area contributed by atoms with Crippen LogP contribution in [0.25, 0.3) is 0 Å². The van der Waals surface area contributed by atoms with Crippen LogP contribution in [0.2, 0.25) is 0 Å². The van der Waals surface area contributed by atoms with Gasteiger partial charge in [0, 0.05) is 19.6 Å². The molecule has 0 aliphatic carbocycles. The molecule has 2 aromatic heterocycles. The highest BCUT2D eigenvalue weighted by Crippen LogP contribution is 2.30. The summed E-state index contributed by atoms with van der Waals surface area (Å²) < 4.78 is 13.1. The molecule has 2 aliphatic heterocycles. The van der Waals surface area contributed by atoms with Gasteiger partial charge in [-0.3, -0.25) is 4.79 Å². The Labute approximate surface area is 139 Å². The molecule has 8 nitrogen and oxygen atoms in total. The molecule has 2 aliphatic rings. The Morgan fingerprint density at radius 3 is 3.12 bits per heavy atom. The van der Waals surface area contributed by atoms with E-state index in [2.05, 4.69) is 25.1 Å². The van der Waals surface area contributed by atoms with Crippen molar-refractivity contribution in [2.75, 3.05) is 6.61 Å². The molecule has 2 aromatic rings. The Balaban J connectivity index is 1.50. The normalized spacial score (nSPS) is 21.5. The average Bonchev–Trinajstić information content (AvgIpc) is 3.33. The first-order valence-electron chi connectivity index (χ1n) is 8.52. The van der Waals surface area contributed by atoms with Gasteiger partial charge < -0.3 is 19.0 Å². The number of carbonyl (C=O) groups is 1. The van der Waals surface area contributed by atoms with Gasteiger partial charge in [-0.2, -0.15) is 0 Å². The lowest BCUT2D eigenvalue weighted by molar-refractivity contribution is 0.0853. The number of fused-ring (bicyclic) bond motifs is 1. The molecule has 0 spiro atoms. The molecule has 1 fully saturated rings. The number of nitrogens with zero attached hydrogens (tertiary/aromatic N) is 4. The fraction of sp³-hybridized carbons (Fsp3) is 0.625. The molecular formula is C16H21N5O3. The molecule has 8 heteroatoms. The summed E-state index contributed by atoms with van der Waals surface area (Å²) >= 11 is 0. The highest BCUT2D eigenvalue weighted by Gasteiger charge is 2.29. The molecule has 2 atom stereocenters. The molecule has 0 saturated carbocycles. The van der Waals surface area contributed by atoms with Gasteiger partial charge in [0.2, 0.25) is 0 Å². The van der Waals surface area contributed by atoms with Crippen LogP contribution in [0.5, 0.6) is 0 Å². The number of hydrogen-bond donors (Lipinski definition) is 1. The Morgan fingerprint density at radius 1 is 1.38 bits per heavy atom. The van der Waals surface area contributed by atoms with E-state index in [-0.39, 0.29) is 18.1 Å². The predicted molar refractivity (Wildman–Crippen MR) is 83.3 cm³/mol. The van der Waals surface area contributed by atoms with Gasteiger partial charge in [0.15, 0.2) is 23.7 Å². The number of oxazole rings is 1. The van der Waals surface area contributed by atoms with Crippen molar-refractivity contribution in [2.45, 2.75) is 57.7 Å². The molecule has 128 valence electrons. The summed E-state index contributed by atoms with van der Waals surface area (Å²) in [5, 5.41) is 11.5. The maximum absolute atomic E-state index is 12.6. The lowest BCUT2D eigenvalue weighted by atomic mass is 10.1. The van der Waals surface area contributed by atoms with Crippen LogP contribution in [0.1, 0.15) is 72.7 Å². The van der Waals surface area contributed by atoms with E-state index in [0.717, 1.165) is 50.3 Å². The smallest absolute Gasteiger partial charge is 0.274 e. The summed E-state index contributed by atoms with van der Waals surface area (Å²) in [6.07, 6.45) is 6.14. The molecule has 1 amide bonds. The summed E-state index contributed by atoms with van der Waals surface area (Å²) in [7, 11) is 0. The van der Waals surface area contributed by atoms with Crippen molar-refractivity contribution >= 4 is 5.91 Å². The SMILES string of the molecule is C[C@@H](NC(=O)c1ncoc1[C@@H]1CCCO1)c1nnc2n1CCCC2. The number of hydrogen-bond acceptors (Lipinski definition) is 6. The molecule has 4 rings (SSSR count). The highest BCUT2D eigenvalue weighted by atomic mass is 16.5. The van der Waals surface area contributed by atoms with Crippen molar-refractivity contribution < 1.29 is 13.9 Å². The van der Waals surface area contributed by atoms with E-state index < -0.39 is 0 Å². The molecule has 0 unspecified atom stereocenters. The minimum absolute atomic E-state index is 0.176. The minimum Gasteiger partial charge on any atom is -0.445 e. The van der Waals surface area contributed by atoms with Crippen LogP contribution in [-0.2, 0) is 17.7 Å². The Kier molecular flexibility index (Phi) is 4.05. The van der Waals surface area contributed by atoms with Gasteiger partial charge in [0.1, 0.15) is 11.9 Å². The van der Waals surface area contributed by atoms with Crippen molar-refractivity contribution in [1.29, 1.82) is 0 Å². The van der Waals surface area contributed by atoms with Crippen molar-refractivity contribution in [3.8, 4) is 0 Å². The Bertz CT molecular complexity index is 732. The third-order valence-corrected chi connectivity index (χ3v) is 4.66. The quantitative estimate of drug-likeness (QED) is 0.920. The van der Waals surface area contributed by atoms with Crippen LogP contribution in [-0.4, -0.2) is 32.3 Å². The zero-order chi connectivity index (χ0) is 16.5. The molecule has 1 N–H and O–H groups in total. The zero-order valence-electron chi connectivity index (χ0n) is 13.7. The summed E-state index contributed by atoms with van der Waals surface area (Å²) in [5.41, 5.74) is 0.298. The number of aryl methyl sites for hydroxylation is 1. The number of carbonyl (C=O) groups excluding carboxylic acids is 1. The first-order chi connectivity index (χ1) is 11.7. The van der Waals surface area contributed by atoms with Crippen molar-refractivity contribution in [2.24, 2.45) is 0 Å². The third kappa shape index (κ3) is 2.71. The summed E-state index contributed by atoms with van der Waals surface area (Å²) in [6.45, 7) is 3.51. The molecule has 0 radical (unpaired) electrons. The number of amides is 1. The van der Waals surface area contributed by atoms with Crippen LogP contribution in [0, 0.1) is 0 Å². The van der Waals surface area contributed by atoms with Gasteiger partial charge in [-0.1, -0.05) is 0 Å². The molecule has 0 bridgehead atoms. The average molecular weight is 331 g/mol. The van der Waals surface area contributed by atoms with Crippen molar-refractivity contribution in [3.05, 3.63) is 29.5 Å². The zero-order valence-corrected chi connectivity index (χ0v) is 13.7. The van der Waals surface area contributed by atoms with Crippen LogP contribution in [0.4, 0.5) is 0 Å². The topological polar surface area (TPSA) is 95.1 Å². The van der Waals surface area contributed by atoms with Crippen LogP contribution < -0.4 is 5.32 Å². The van der Waals surface area contributed by atoms with E-state index in [4.69, 9.17) is 9.15 Å². The van der Waals surface area contributed by atoms with Gasteiger partial charge in [0.25, 0.3) is 5.91 Å².